The first kappa shape index (κ1) is 26.4. The van der Waals surface area contributed by atoms with Crippen molar-refractivity contribution in [2.75, 3.05) is 7.11 Å². The van der Waals surface area contributed by atoms with Crippen LogP contribution in [0.25, 0.3) is 0 Å². The quantitative estimate of drug-likeness (QED) is 0.254. The van der Waals surface area contributed by atoms with Crippen LogP contribution >= 0.6 is 23.2 Å². The summed E-state index contributed by atoms with van der Waals surface area (Å²) in [7, 11) is 1.15. The third-order valence-electron chi connectivity index (χ3n) is 3.84. The molecule has 2 aromatic carbocycles. The van der Waals surface area contributed by atoms with Crippen LogP contribution in [0.4, 0.5) is 26.3 Å². The Hall–Kier alpha value is -2.86. The molecule has 0 aliphatic rings. The molecule has 6 nitrogen and oxygen atoms in total. The SMILES string of the molecule is CON=C(C(=O)O)c1ccccc1COc1cc(Cl)c(OC(F)(F)C(F)C(F)(F)F)c(Cl)c1. The van der Waals surface area contributed by atoms with Crippen molar-refractivity contribution >= 4 is 34.9 Å². The third-order valence-corrected chi connectivity index (χ3v) is 4.41. The number of ether oxygens (including phenoxy) is 2. The molecule has 0 aromatic heterocycles. The zero-order chi connectivity index (χ0) is 25.0. The number of benzene rings is 2. The number of hydrogen-bond acceptors (Lipinski definition) is 5. The number of oxime groups is 1. The van der Waals surface area contributed by atoms with E-state index >= 15 is 0 Å². The molecule has 180 valence electrons. The molecule has 2 rings (SSSR count). The molecule has 0 amide bonds. The van der Waals surface area contributed by atoms with Gasteiger partial charge in [-0.05, 0) is 5.56 Å². The van der Waals surface area contributed by atoms with Gasteiger partial charge in [0.15, 0.2) is 11.5 Å². The zero-order valence-electron chi connectivity index (χ0n) is 16.3. The predicted octanol–water partition coefficient (Wildman–Crippen LogP) is 5.88. The van der Waals surface area contributed by atoms with E-state index < -0.39 is 45.9 Å². The molecule has 14 heteroatoms. The molecule has 0 aliphatic heterocycles. The van der Waals surface area contributed by atoms with Crippen LogP contribution in [0.15, 0.2) is 41.6 Å². The Balaban J connectivity index is 2.26. The first-order valence-electron chi connectivity index (χ1n) is 8.60. The van der Waals surface area contributed by atoms with Gasteiger partial charge in [0.05, 0.1) is 10.0 Å². The average Bonchev–Trinajstić information content (AvgIpc) is 2.72. The standard InChI is InChI=1S/C19H13Cl2F6NO5/c1-31-28-14(16(29)30)11-5-3-2-4-9(11)8-32-10-6-12(20)15(13(21)7-10)33-19(26,27)17(22)18(23,24)25/h2-7,17H,8H2,1H3,(H,29,30). The van der Waals surface area contributed by atoms with E-state index in [0.717, 1.165) is 19.2 Å². The first-order chi connectivity index (χ1) is 15.3. The Bertz CT molecular complexity index is 1020. The monoisotopic (exact) mass is 519 g/mol. The smallest absolute Gasteiger partial charge is 0.439 e. The fourth-order valence-electron chi connectivity index (χ4n) is 2.43. The number of alkyl halides is 6. The highest BCUT2D eigenvalue weighted by atomic mass is 35.5. The highest BCUT2D eigenvalue weighted by Crippen LogP contribution is 2.43. The lowest BCUT2D eigenvalue weighted by atomic mass is 10.0. The Kier molecular flexibility index (Phi) is 8.30. The number of carbonyl (C=O) groups is 1. The highest BCUT2D eigenvalue weighted by molar-refractivity contribution is 6.42. The number of carboxylic acids is 1. The number of hydrogen-bond donors (Lipinski definition) is 1. The van der Waals surface area contributed by atoms with Gasteiger partial charge in [0.2, 0.25) is 0 Å². The summed E-state index contributed by atoms with van der Waals surface area (Å²) in [5, 5.41) is 11.4. The molecule has 2 aromatic rings. The largest absolute Gasteiger partial charge is 0.489 e. The van der Waals surface area contributed by atoms with Gasteiger partial charge >= 0.3 is 18.3 Å². The molecular formula is C19H13Cl2F6NO5. The minimum atomic E-state index is -5.89. The van der Waals surface area contributed by atoms with E-state index in [4.69, 9.17) is 27.9 Å². The number of rotatable bonds is 9. The number of carboxylic acid groups (broad SMARTS) is 1. The molecule has 0 saturated heterocycles. The van der Waals surface area contributed by atoms with Gasteiger partial charge in [-0.1, -0.05) is 52.6 Å². The first-order valence-corrected chi connectivity index (χ1v) is 9.35. The molecule has 1 unspecified atom stereocenters. The molecule has 0 heterocycles. The van der Waals surface area contributed by atoms with Crippen LogP contribution in [-0.4, -0.2) is 42.4 Å². The van der Waals surface area contributed by atoms with Gasteiger partial charge in [-0.3, -0.25) is 0 Å². The Morgan fingerprint density at radius 3 is 2.21 bits per heavy atom. The summed E-state index contributed by atoms with van der Waals surface area (Å²) in [6.07, 6.45) is -15.8. The fraction of sp³-hybridized carbons (Fsp3) is 0.263. The zero-order valence-corrected chi connectivity index (χ0v) is 17.8. The fourth-order valence-corrected chi connectivity index (χ4v) is 2.97. The number of nitrogens with zero attached hydrogens (tertiary/aromatic N) is 1. The van der Waals surface area contributed by atoms with Crippen molar-refractivity contribution < 1.29 is 50.6 Å². The van der Waals surface area contributed by atoms with Gasteiger partial charge in [0.25, 0.3) is 6.17 Å². The lowest BCUT2D eigenvalue weighted by molar-refractivity contribution is -0.304. The second kappa shape index (κ2) is 10.4. The van der Waals surface area contributed by atoms with Crippen molar-refractivity contribution in [3.05, 3.63) is 57.6 Å². The Morgan fingerprint density at radius 2 is 1.70 bits per heavy atom. The minimum Gasteiger partial charge on any atom is -0.489 e. The van der Waals surface area contributed by atoms with Crippen molar-refractivity contribution in [2.45, 2.75) is 25.1 Å². The number of halogens is 8. The highest BCUT2D eigenvalue weighted by Gasteiger charge is 2.59. The van der Waals surface area contributed by atoms with Crippen LogP contribution in [0.1, 0.15) is 11.1 Å². The molecule has 33 heavy (non-hydrogen) atoms. The summed E-state index contributed by atoms with van der Waals surface area (Å²) in [5.41, 5.74) is 0.0363. The summed E-state index contributed by atoms with van der Waals surface area (Å²) in [4.78, 5) is 15.9. The topological polar surface area (TPSA) is 77.4 Å². The maximum Gasteiger partial charge on any atom is 0.439 e. The molecule has 1 atom stereocenters. The summed E-state index contributed by atoms with van der Waals surface area (Å²) in [6.45, 7) is -0.282. The van der Waals surface area contributed by atoms with Crippen LogP contribution in [-0.2, 0) is 16.2 Å². The second-order valence-electron chi connectivity index (χ2n) is 6.16. The van der Waals surface area contributed by atoms with Gasteiger partial charge in [-0.15, -0.1) is 0 Å². The van der Waals surface area contributed by atoms with Crippen LogP contribution < -0.4 is 9.47 Å². The van der Waals surface area contributed by atoms with Crippen molar-refractivity contribution in [3.63, 3.8) is 0 Å². The van der Waals surface area contributed by atoms with E-state index in [2.05, 4.69) is 14.7 Å². The van der Waals surface area contributed by atoms with Gasteiger partial charge in [-0.25, -0.2) is 9.18 Å². The predicted molar refractivity (Wildman–Crippen MR) is 105 cm³/mol. The van der Waals surface area contributed by atoms with E-state index in [9.17, 15) is 36.2 Å². The molecule has 0 fully saturated rings. The van der Waals surface area contributed by atoms with Crippen molar-refractivity contribution in [3.8, 4) is 11.5 Å². The molecule has 0 spiro atoms. The molecule has 1 N–H and O–H groups in total. The van der Waals surface area contributed by atoms with Crippen LogP contribution in [0.3, 0.4) is 0 Å². The molecular weight excluding hydrogens is 507 g/mol. The van der Waals surface area contributed by atoms with Gasteiger partial charge in [-0.2, -0.15) is 22.0 Å². The molecule has 0 aliphatic carbocycles. The average molecular weight is 520 g/mol. The summed E-state index contributed by atoms with van der Waals surface area (Å²) >= 11 is 11.5. The van der Waals surface area contributed by atoms with E-state index in [-0.39, 0.29) is 17.9 Å². The van der Waals surface area contributed by atoms with Gasteiger partial charge < -0.3 is 19.4 Å². The Morgan fingerprint density at radius 1 is 1.12 bits per heavy atom. The van der Waals surface area contributed by atoms with E-state index in [1.807, 2.05) is 0 Å². The van der Waals surface area contributed by atoms with Crippen LogP contribution in [0, 0.1) is 0 Å². The van der Waals surface area contributed by atoms with E-state index in [0.29, 0.717) is 5.56 Å². The minimum absolute atomic E-state index is 0.136. The molecule has 0 bridgehead atoms. The lowest BCUT2D eigenvalue weighted by Crippen LogP contribution is -2.45. The third kappa shape index (κ3) is 6.57. The van der Waals surface area contributed by atoms with E-state index in [1.54, 1.807) is 6.07 Å². The maximum absolute atomic E-state index is 13.5. The van der Waals surface area contributed by atoms with Crippen LogP contribution in [0.2, 0.25) is 10.0 Å². The van der Waals surface area contributed by atoms with Crippen molar-refractivity contribution in [1.82, 2.24) is 0 Å². The lowest BCUT2D eigenvalue weighted by Gasteiger charge is -2.24. The summed E-state index contributed by atoms with van der Waals surface area (Å²) in [6, 6.07) is 7.82. The second-order valence-corrected chi connectivity index (χ2v) is 6.97. The van der Waals surface area contributed by atoms with Gasteiger partial charge in [0, 0.05) is 17.7 Å². The normalized spacial score (nSPS) is 13.4. The van der Waals surface area contributed by atoms with Crippen molar-refractivity contribution in [1.29, 1.82) is 0 Å². The molecule has 0 saturated carbocycles. The maximum atomic E-state index is 13.5. The Labute approximate surface area is 192 Å². The van der Waals surface area contributed by atoms with Crippen molar-refractivity contribution in [2.24, 2.45) is 5.16 Å². The number of aliphatic carboxylic acids is 1. The van der Waals surface area contributed by atoms with E-state index in [1.165, 1.54) is 18.2 Å². The van der Waals surface area contributed by atoms with Gasteiger partial charge in [0.1, 0.15) is 19.5 Å². The summed E-state index contributed by atoms with van der Waals surface area (Å²) in [5.74, 6) is -2.62. The van der Waals surface area contributed by atoms with Crippen LogP contribution in [0.5, 0.6) is 11.5 Å². The molecule has 0 radical (unpaired) electrons. The summed E-state index contributed by atoms with van der Waals surface area (Å²) < 4.78 is 86.3.